The molecule has 1 aliphatic heterocycles. The van der Waals surface area contributed by atoms with Crippen LogP contribution in [0.2, 0.25) is 0 Å². The first kappa shape index (κ1) is 27.8. The summed E-state index contributed by atoms with van der Waals surface area (Å²) in [5.41, 5.74) is 4.95. The van der Waals surface area contributed by atoms with Gasteiger partial charge in [-0.1, -0.05) is 81.4 Å². The number of hydrogen-bond donors (Lipinski definition) is 1. The van der Waals surface area contributed by atoms with Gasteiger partial charge in [-0.2, -0.15) is 0 Å². The molecule has 1 N–H and O–H groups in total. The second-order valence-electron chi connectivity index (χ2n) is 11.4. The molecule has 0 radical (unpaired) electrons. The summed E-state index contributed by atoms with van der Waals surface area (Å²) < 4.78 is 5.95. The van der Waals surface area contributed by atoms with Crippen molar-refractivity contribution >= 4 is 17.4 Å². The number of ketones is 1. The van der Waals surface area contributed by atoms with Crippen molar-refractivity contribution in [2.45, 2.75) is 52.3 Å². The van der Waals surface area contributed by atoms with Gasteiger partial charge in [0, 0.05) is 24.5 Å². The highest BCUT2D eigenvalue weighted by Crippen LogP contribution is 2.41. The number of aryl methyl sites for hydroxylation is 1. The Balaban J connectivity index is 1.53. The Bertz CT molecular complexity index is 1590. The second kappa shape index (κ2) is 11.4. The van der Waals surface area contributed by atoms with Gasteiger partial charge in [0.2, 0.25) is 0 Å². The van der Waals surface area contributed by atoms with Crippen LogP contribution in [0.5, 0.6) is 5.75 Å². The van der Waals surface area contributed by atoms with Crippen LogP contribution in [0.3, 0.4) is 0 Å². The van der Waals surface area contributed by atoms with Crippen molar-refractivity contribution in [1.82, 2.24) is 9.88 Å². The third kappa shape index (κ3) is 5.92. The Morgan fingerprint density at radius 1 is 0.927 bits per heavy atom. The van der Waals surface area contributed by atoms with Crippen LogP contribution in [0, 0.1) is 6.92 Å². The number of carbonyl (C=O) groups is 2. The molecule has 0 bridgehead atoms. The van der Waals surface area contributed by atoms with Crippen molar-refractivity contribution in [3.8, 4) is 5.75 Å². The van der Waals surface area contributed by atoms with Gasteiger partial charge in [0.15, 0.2) is 0 Å². The minimum atomic E-state index is -0.752. The Labute approximate surface area is 240 Å². The Morgan fingerprint density at radius 2 is 1.63 bits per heavy atom. The van der Waals surface area contributed by atoms with Crippen molar-refractivity contribution in [3.63, 3.8) is 0 Å². The number of aromatic nitrogens is 1. The maximum Gasteiger partial charge on any atom is 0.295 e. The molecule has 41 heavy (non-hydrogen) atoms. The zero-order chi connectivity index (χ0) is 29.1. The molecule has 0 spiro atoms. The number of hydrogen-bond acceptors (Lipinski definition) is 5. The molecular formula is C35H34N2O4. The zero-order valence-corrected chi connectivity index (χ0v) is 23.8. The lowest BCUT2D eigenvalue weighted by molar-refractivity contribution is -0.140. The van der Waals surface area contributed by atoms with Gasteiger partial charge in [-0.25, -0.2) is 0 Å². The largest absolute Gasteiger partial charge is 0.507 e. The fourth-order valence-electron chi connectivity index (χ4n) is 5.12. The lowest BCUT2D eigenvalue weighted by Crippen LogP contribution is -2.29. The third-order valence-electron chi connectivity index (χ3n) is 7.41. The van der Waals surface area contributed by atoms with E-state index in [1.807, 2.05) is 73.7 Å². The van der Waals surface area contributed by atoms with Gasteiger partial charge in [-0.3, -0.25) is 14.6 Å². The predicted molar refractivity (Wildman–Crippen MR) is 159 cm³/mol. The standard InChI is InChI=1S/C35H34N2O4/c1-23-19-28(41-22-24-9-6-5-7-10-24)16-17-29(23)32(38)30-31(26-12-14-27(15-13-26)35(2,3)4)37(34(40)33(30)39)21-25-11-8-18-36-20-25/h5-20,31,38H,21-22H2,1-4H3/b32-30+. The third-order valence-corrected chi connectivity index (χ3v) is 7.41. The number of Topliss-reactive ketones (excluding diaryl/α,β-unsaturated/α-hetero) is 1. The monoisotopic (exact) mass is 546 g/mol. The minimum absolute atomic E-state index is 0.0580. The Morgan fingerprint density at radius 3 is 2.27 bits per heavy atom. The number of likely N-dealkylation sites (tertiary alicyclic amines) is 1. The number of pyridine rings is 1. The first-order valence-corrected chi connectivity index (χ1v) is 13.7. The van der Waals surface area contributed by atoms with Crippen LogP contribution in [0.1, 0.15) is 60.2 Å². The second-order valence-corrected chi connectivity index (χ2v) is 11.4. The molecule has 0 aliphatic carbocycles. The number of rotatable bonds is 7. The molecule has 1 fully saturated rings. The summed E-state index contributed by atoms with van der Waals surface area (Å²) in [6.45, 7) is 8.84. The Kier molecular flexibility index (Phi) is 7.75. The van der Waals surface area contributed by atoms with Gasteiger partial charge in [-0.05, 0) is 64.4 Å². The van der Waals surface area contributed by atoms with Gasteiger partial charge in [0.25, 0.3) is 11.7 Å². The summed E-state index contributed by atoms with van der Waals surface area (Å²) in [6.07, 6.45) is 3.34. The van der Waals surface area contributed by atoms with E-state index in [9.17, 15) is 14.7 Å². The molecule has 1 aliphatic rings. The van der Waals surface area contributed by atoms with E-state index in [0.29, 0.717) is 17.9 Å². The van der Waals surface area contributed by atoms with E-state index >= 15 is 0 Å². The molecule has 1 unspecified atom stereocenters. The van der Waals surface area contributed by atoms with Crippen LogP contribution < -0.4 is 4.74 Å². The minimum Gasteiger partial charge on any atom is -0.507 e. The van der Waals surface area contributed by atoms with E-state index in [-0.39, 0.29) is 23.3 Å². The van der Waals surface area contributed by atoms with Gasteiger partial charge in [0.1, 0.15) is 18.1 Å². The van der Waals surface area contributed by atoms with Gasteiger partial charge in [-0.15, -0.1) is 0 Å². The maximum absolute atomic E-state index is 13.5. The van der Waals surface area contributed by atoms with Crippen molar-refractivity contribution in [2.75, 3.05) is 0 Å². The van der Waals surface area contributed by atoms with E-state index < -0.39 is 17.7 Å². The molecule has 0 saturated carbocycles. The smallest absolute Gasteiger partial charge is 0.295 e. The van der Waals surface area contributed by atoms with Gasteiger partial charge < -0.3 is 14.7 Å². The fraction of sp³-hybridized carbons (Fsp3) is 0.229. The number of nitrogens with zero attached hydrogens (tertiary/aromatic N) is 2. The molecular weight excluding hydrogens is 512 g/mol. The zero-order valence-electron chi connectivity index (χ0n) is 23.8. The number of aliphatic hydroxyl groups is 1. The van der Waals surface area contributed by atoms with E-state index in [2.05, 4.69) is 25.8 Å². The predicted octanol–water partition coefficient (Wildman–Crippen LogP) is 6.89. The first-order chi connectivity index (χ1) is 19.6. The van der Waals surface area contributed by atoms with Crippen LogP contribution in [0.4, 0.5) is 0 Å². The van der Waals surface area contributed by atoms with Crippen LogP contribution >= 0.6 is 0 Å². The molecule has 6 nitrogen and oxygen atoms in total. The van der Waals surface area contributed by atoms with Gasteiger partial charge >= 0.3 is 0 Å². The SMILES string of the molecule is Cc1cc(OCc2ccccc2)ccc1/C(O)=C1\C(=O)C(=O)N(Cc2cccnc2)C1c1ccc(C(C)(C)C)cc1. The first-order valence-electron chi connectivity index (χ1n) is 13.7. The van der Waals surface area contributed by atoms with E-state index in [4.69, 9.17) is 4.74 Å². The number of benzene rings is 3. The molecule has 5 rings (SSSR count). The highest BCUT2D eigenvalue weighted by atomic mass is 16.5. The van der Waals surface area contributed by atoms with E-state index in [0.717, 1.165) is 27.8 Å². The maximum atomic E-state index is 13.5. The topological polar surface area (TPSA) is 79.7 Å². The molecule has 1 saturated heterocycles. The summed E-state index contributed by atoms with van der Waals surface area (Å²) in [7, 11) is 0. The molecule has 1 aromatic heterocycles. The lowest BCUT2D eigenvalue weighted by atomic mass is 9.85. The molecule has 208 valence electrons. The highest BCUT2D eigenvalue weighted by molar-refractivity contribution is 6.46. The molecule has 2 heterocycles. The quantitative estimate of drug-likeness (QED) is 0.155. The average Bonchev–Trinajstić information content (AvgIpc) is 3.21. The highest BCUT2D eigenvalue weighted by Gasteiger charge is 2.46. The van der Waals surface area contributed by atoms with Gasteiger partial charge in [0.05, 0.1) is 11.6 Å². The average molecular weight is 547 g/mol. The van der Waals surface area contributed by atoms with Crippen LogP contribution in [0.25, 0.3) is 5.76 Å². The van der Waals surface area contributed by atoms with E-state index in [1.54, 1.807) is 30.6 Å². The van der Waals surface area contributed by atoms with Crippen LogP contribution in [0.15, 0.2) is 103 Å². The normalized spacial score (nSPS) is 16.7. The lowest BCUT2D eigenvalue weighted by Gasteiger charge is -2.26. The fourth-order valence-corrected chi connectivity index (χ4v) is 5.12. The van der Waals surface area contributed by atoms with E-state index in [1.165, 1.54) is 4.90 Å². The number of ether oxygens (including phenoxy) is 1. The molecule has 3 aromatic carbocycles. The van der Waals surface area contributed by atoms with Crippen molar-refractivity contribution in [1.29, 1.82) is 0 Å². The summed E-state index contributed by atoms with van der Waals surface area (Å²) in [5, 5.41) is 11.6. The van der Waals surface area contributed by atoms with Crippen LogP contribution in [-0.2, 0) is 28.2 Å². The molecule has 6 heteroatoms. The molecule has 1 atom stereocenters. The Hall–Kier alpha value is -4.71. The van der Waals surface area contributed by atoms with Crippen molar-refractivity contribution in [3.05, 3.63) is 136 Å². The molecule has 4 aromatic rings. The summed E-state index contributed by atoms with van der Waals surface area (Å²) >= 11 is 0. The van der Waals surface area contributed by atoms with Crippen molar-refractivity contribution in [2.24, 2.45) is 0 Å². The number of aliphatic hydroxyl groups excluding tert-OH is 1. The van der Waals surface area contributed by atoms with Crippen LogP contribution in [-0.4, -0.2) is 26.7 Å². The summed E-state index contributed by atoms with van der Waals surface area (Å²) in [6, 6.07) is 26.0. The summed E-state index contributed by atoms with van der Waals surface area (Å²) in [4.78, 5) is 32.6. The molecule has 1 amide bonds. The number of amides is 1. The summed E-state index contributed by atoms with van der Waals surface area (Å²) in [5.74, 6) is -0.913. The number of carbonyl (C=O) groups excluding carboxylic acids is 2. The van der Waals surface area contributed by atoms with Crippen molar-refractivity contribution < 1.29 is 19.4 Å².